The zero-order valence-corrected chi connectivity index (χ0v) is 10.3. The van der Waals surface area contributed by atoms with Crippen molar-refractivity contribution in [3.05, 3.63) is 52.8 Å². The van der Waals surface area contributed by atoms with Crippen molar-refractivity contribution in [3.63, 3.8) is 0 Å². The summed E-state index contributed by atoms with van der Waals surface area (Å²) >= 11 is 6.13. The van der Waals surface area contributed by atoms with Crippen LogP contribution >= 0.6 is 11.6 Å². The number of hydrogen-bond acceptors (Lipinski definition) is 3. The van der Waals surface area contributed by atoms with Gasteiger partial charge in [-0.2, -0.15) is 5.10 Å². The van der Waals surface area contributed by atoms with Gasteiger partial charge in [0, 0.05) is 17.8 Å². The van der Waals surface area contributed by atoms with Crippen LogP contribution in [0, 0.1) is 0 Å². The molecule has 1 aromatic heterocycles. The Kier molecular flexibility index (Phi) is 3.64. The number of hydrogen-bond donors (Lipinski definition) is 2. The fourth-order valence-corrected chi connectivity index (χ4v) is 2.02. The Hall–Kier alpha value is -1.85. The molecule has 6 heteroatoms. The highest BCUT2D eigenvalue weighted by atomic mass is 35.5. The molecule has 0 aliphatic carbocycles. The number of benzene rings is 1. The number of carbonyl (C=O) groups is 1. The Labute approximate surface area is 109 Å². The number of aromatic nitrogens is 2. The normalized spacial score (nSPS) is 12.3. The maximum atomic E-state index is 11.0. The van der Waals surface area contributed by atoms with E-state index >= 15 is 0 Å². The van der Waals surface area contributed by atoms with Crippen molar-refractivity contribution in [1.29, 1.82) is 0 Å². The zero-order valence-electron chi connectivity index (χ0n) is 9.58. The third-order valence-corrected chi connectivity index (χ3v) is 3.04. The molecule has 1 amide bonds. The van der Waals surface area contributed by atoms with Crippen LogP contribution in [0.5, 0.6) is 0 Å². The number of nitrogens with two attached hydrogens (primary N) is 2. The average Bonchev–Trinajstić information content (AvgIpc) is 2.82. The number of nitrogens with zero attached hydrogens (tertiary/aromatic N) is 2. The van der Waals surface area contributed by atoms with Crippen molar-refractivity contribution in [3.8, 4) is 0 Å². The molecule has 0 spiro atoms. The van der Waals surface area contributed by atoms with Crippen LogP contribution in [0.4, 0.5) is 0 Å². The molecule has 1 heterocycles. The van der Waals surface area contributed by atoms with Crippen LogP contribution < -0.4 is 11.5 Å². The maximum absolute atomic E-state index is 11.0. The summed E-state index contributed by atoms with van der Waals surface area (Å²) in [7, 11) is 0. The first-order valence-corrected chi connectivity index (χ1v) is 5.79. The Morgan fingerprint density at radius 2 is 2.17 bits per heavy atom. The van der Waals surface area contributed by atoms with Crippen LogP contribution in [0.25, 0.3) is 0 Å². The molecule has 18 heavy (non-hydrogen) atoms. The van der Waals surface area contributed by atoms with E-state index in [4.69, 9.17) is 23.1 Å². The van der Waals surface area contributed by atoms with Crippen molar-refractivity contribution < 1.29 is 4.79 Å². The topological polar surface area (TPSA) is 86.9 Å². The van der Waals surface area contributed by atoms with E-state index < -0.39 is 5.91 Å². The van der Waals surface area contributed by atoms with Crippen LogP contribution in [0.1, 0.15) is 22.0 Å². The number of rotatable bonds is 4. The molecule has 0 bridgehead atoms. The molecule has 2 rings (SSSR count). The van der Waals surface area contributed by atoms with Gasteiger partial charge in [-0.1, -0.05) is 29.8 Å². The molecule has 0 aliphatic heterocycles. The fourth-order valence-electron chi connectivity index (χ4n) is 1.76. The minimum atomic E-state index is -0.517. The minimum absolute atomic E-state index is 0.216. The van der Waals surface area contributed by atoms with Gasteiger partial charge in [0.2, 0.25) is 0 Å². The van der Waals surface area contributed by atoms with E-state index in [0.29, 0.717) is 17.1 Å². The van der Waals surface area contributed by atoms with Gasteiger partial charge in [0.25, 0.3) is 5.91 Å². The largest absolute Gasteiger partial charge is 0.366 e. The standard InChI is InChI=1S/C12H13ClN4O/c13-10-4-2-1-3-9(10)11(5-14)17-7-8(6-16-17)12(15)18/h1-4,6-7,11H,5,14H2,(H2,15,18). The van der Waals surface area contributed by atoms with Crippen molar-refractivity contribution in [2.24, 2.45) is 11.5 Å². The average molecular weight is 265 g/mol. The number of halogens is 1. The molecule has 1 atom stereocenters. The summed E-state index contributed by atoms with van der Waals surface area (Å²) in [6, 6.07) is 7.18. The number of amides is 1. The molecule has 0 radical (unpaired) electrons. The summed E-state index contributed by atoms with van der Waals surface area (Å²) in [5, 5.41) is 4.72. The van der Waals surface area contributed by atoms with Crippen molar-refractivity contribution in [2.45, 2.75) is 6.04 Å². The monoisotopic (exact) mass is 264 g/mol. The molecule has 1 unspecified atom stereocenters. The van der Waals surface area contributed by atoms with Gasteiger partial charge in [-0.25, -0.2) is 0 Å². The van der Waals surface area contributed by atoms with E-state index in [9.17, 15) is 4.79 Å². The second-order valence-electron chi connectivity index (χ2n) is 3.85. The Morgan fingerprint density at radius 3 is 2.72 bits per heavy atom. The second-order valence-corrected chi connectivity index (χ2v) is 4.25. The van der Waals surface area contributed by atoms with Gasteiger partial charge in [0.15, 0.2) is 0 Å². The molecule has 94 valence electrons. The van der Waals surface area contributed by atoms with Gasteiger partial charge < -0.3 is 11.5 Å². The van der Waals surface area contributed by atoms with Crippen LogP contribution in [0.2, 0.25) is 5.02 Å². The molecule has 0 saturated heterocycles. The molecular weight excluding hydrogens is 252 g/mol. The molecule has 1 aromatic carbocycles. The Morgan fingerprint density at radius 1 is 1.44 bits per heavy atom. The molecule has 0 fully saturated rings. The van der Waals surface area contributed by atoms with Crippen molar-refractivity contribution in [1.82, 2.24) is 9.78 Å². The van der Waals surface area contributed by atoms with Gasteiger partial charge >= 0.3 is 0 Å². The molecule has 4 N–H and O–H groups in total. The Bertz CT molecular complexity index is 567. The van der Waals surface area contributed by atoms with Crippen LogP contribution in [-0.2, 0) is 0 Å². The summed E-state index contributed by atoms with van der Waals surface area (Å²) in [6.45, 7) is 0.323. The highest BCUT2D eigenvalue weighted by Crippen LogP contribution is 2.24. The lowest BCUT2D eigenvalue weighted by Gasteiger charge is -2.17. The number of primary amides is 1. The SMILES string of the molecule is NCC(c1ccccc1Cl)n1cc(C(N)=O)cn1. The molecular formula is C12H13ClN4O. The van der Waals surface area contributed by atoms with Gasteiger partial charge in [-0.15, -0.1) is 0 Å². The van der Waals surface area contributed by atoms with Gasteiger partial charge in [-0.05, 0) is 11.6 Å². The fraction of sp³-hybridized carbons (Fsp3) is 0.167. The van der Waals surface area contributed by atoms with E-state index in [1.165, 1.54) is 6.20 Å². The summed E-state index contributed by atoms with van der Waals surface area (Å²) in [5.74, 6) is -0.517. The quantitative estimate of drug-likeness (QED) is 0.869. The molecule has 0 saturated carbocycles. The summed E-state index contributed by atoms with van der Waals surface area (Å²) in [4.78, 5) is 11.0. The first-order valence-electron chi connectivity index (χ1n) is 5.42. The predicted molar refractivity (Wildman–Crippen MR) is 69.4 cm³/mol. The van der Waals surface area contributed by atoms with Gasteiger partial charge in [0.05, 0.1) is 17.8 Å². The second kappa shape index (κ2) is 5.20. The third-order valence-electron chi connectivity index (χ3n) is 2.69. The molecule has 2 aromatic rings. The first-order chi connectivity index (χ1) is 8.63. The van der Waals surface area contributed by atoms with E-state index in [0.717, 1.165) is 5.56 Å². The van der Waals surface area contributed by atoms with Gasteiger partial charge in [0.1, 0.15) is 0 Å². The van der Waals surface area contributed by atoms with Crippen molar-refractivity contribution in [2.75, 3.05) is 6.54 Å². The highest BCUT2D eigenvalue weighted by Gasteiger charge is 2.16. The molecule has 5 nitrogen and oxygen atoms in total. The Balaban J connectivity index is 2.39. The zero-order chi connectivity index (χ0) is 13.1. The van der Waals surface area contributed by atoms with Gasteiger partial charge in [-0.3, -0.25) is 9.48 Å². The third kappa shape index (κ3) is 2.37. The van der Waals surface area contributed by atoms with E-state index in [-0.39, 0.29) is 6.04 Å². The first kappa shape index (κ1) is 12.6. The maximum Gasteiger partial charge on any atom is 0.251 e. The van der Waals surface area contributed by atoms with Crippen LogP contribution in [0.3, 0.4) is 0 Å². The smallest absolute Gasteiger partial charge is 0.251 e. The summed E-state index contributed by atoms with van der Waals surface area (Å²) in [6.07, 6.45) is 2.99. The lowest BCUT2D eigenvalue weighted by Crippen LogP contribution is -2.21. The van der Waals surface area contributed by atoms with Crippen molar-refractivity contribution >= 4 is 17.5 Å². The number of carbonyl (C=O) groups excluding carboxylic acids is 1. The van der Waals surface area contributed by atoms with Crippen LogP contribution in [-0.4, -0.2) is 22.2 Å². The minimum Gasteiger partial charge on any atom is -0.366 e. The lowest BCUT2D eigenvalue weighted by molar-refractivity contribution is 0.1000. The van der Waals surface area contributed by atoms with E-state index in [2.05, 4.69) is 5.10 Å². The van der Waals surface area contributed by atoms with E-state index in [1.807, 2.05) is 18.2 Å². The van der Waals surface area contributed by atoms with Crippen LogP contribution in [0.15, 0.2) is 36.7 Å². The molecule has 0 aliphatic rings. The predicted octanol–water partition coefficient (Wildman–Crippen LogP) is 1.18. The van der Waals surface area contributed by atoms with E-state index in [1.54, 1.807) is 16.9 Å². The summed E-state index contributed by atoms with van der Waals surface area (Å²) in [5.41, 5.74) is 12.2. The lowest BCUT2D eigenvalue weighted by atomic mass is 10.1. The summed E-state index contributed by atoms with van der Waals surface area (Å²) < 4.78 is 1.60. The highest BCUT2D eigenvalue weighted by molar-refractivity contribution is 6.31.